The first-order valence-electron chi connectivity index (χ1n) is 18.7. The van der Waals surface area contributed by atoms with Gasteiger partial charge in [0.05, 0.1) is 25.0 Å². The molecule has 17 nitrogen and oxygen atoms in total. The summed E-state index contributed by atoms with van der Waals surface area (Å²) in [7, 11) is 0. The van der Waals surface area contributed by atoms with Crippen molar-refractivity contribution in [2.45, 2.75) is 76.8 Å². The molecule has 304 valence electrons. The van der Waals surface area contributed by atoms with E-state index < -0.39 is 59.9 Å². The van der Waals surface area contributed by atoms with Gasteiger partial charge in [0.1, 0.15) is 23.9 Å². The van der Waals surface area contributed by atoms with Gasteiger partial charge in [-0.15, -0.1) is 0 Å². The number of imidazole rings is 1. The van der Waals surface area contributed by atoms with Crippen LogP contribution in [0.1, 0.15) is 43.2 Å². The average molecular weight is 793 g/mol. The molecule has 58 heavy (non-hydrogen) atoms. The molecular weight excluding hydrogens is 745 g/mol. The minimum atomic E-state index is -1.25. The van der Waals surface area contributed by atoms with Crippen molar-refractivity contribution >= 4 is 46.3 Å². The van der Waals surface area contributed by atoms with Crippen LogP contribution in [0.5, 0.6) is 5.75 Å². The molecule has 0 bridgehead atoms. The summed E-state index contributed by atoms with van der Waals surface area (Å²) >= 11 is 0. The highest BCUT2D eigenvalue weighted by molar-refractivity contribution is 5.96. The van der Waals surface area contributed by atoms with Crippen molar-refractivity contribution in [3.05, 3.63) is 120 Å². The van der Waals surface area contributed by atoms with Gasteiger partial charge >= 0.3 is 6.03 Å². The van der Waals surface area contributed by atoms with E-state index in [1.54, 1.807) is 49.5 Å². The number of hydrazine groups is 1. The zero-order chi connectivity index (χ0) is 41.8. The van der Waals surface area contributed by atoms with Crippen LogP contribution in [-0.2, 0) is 49.8 Å². The van der Waals surface area contributed by atoms with Crippen molar-refractivity contribution in [2.75, 3.05) is 0 Å². The summed E-state index contributed by atoms with van der Waals surface area (Å²) in [6, 6.07) is 16.1. The normalized spacial score (nSPS) is 13.6. The predicted molar refractivity (Wildman–Crippen MR) is 214 cm³/mol. The minimum Gasteiger partial charge on any atom is -0.508 e. The largest absolute Gasteiger partial charge is 0.508 e. The number of nitrogens with two attached hydrogens (primary N) is 1. The van der Waals surface area contributed by atoms with Crippen molar-refractivity contribution in [3.63, 3.8) is 0 Å². The number of hydrogen-bond donors (Lipinski definition) is 9. The summed E-state index contributed by atoms with van der Waals surface area (Å²) in [6.07, 6.45) is 4.89. The van der Waals surface area contributed by atoms with Gasteiger partial charge in [0, 0.05) is 48.3 Å². The van der Waals surface area contributed by atoms with Gasteiger partial charge in [0.25, 0.3) is 5.91 Å². The number of carbonyl (C=O) groups excluding carboxylic acids is 6. The molecule has 5 atom stereocenters. The number of aromatic hydroxyl groups is 1. The lowest BCUT2D eigenvalue weighted by Gasteiger charge is -2.28. The zero-order valence-corrected chi connectivity index (χ0v) is 32.3. The van der Waals surface area contributed by atoms with Gasteiger partial charge in [-0.1, -0.05) is 60.7 Å². The van der Waals surface area contributed by atoms with Gasteiger partial charge in [-0.3, -0.25) is 29.4 Å². The molecule has 2 heterocycles. The fraction of sp³-hybridized carbons (Fsp3) is 0.293. The summed E-state index contributed by atoms with van der Waals surface area (Å²) < 4.78 is 0. The number of nitrogens with one attached hydrogen (secondary N) is 7. The molecule has 0 aliphatic carbocycles. The van der Waals surface area contributed by atoms with Crippen LogP contribution in [0, 0.1) is 0 Å². The Morgan fingerprint density at radius 1 is 0.724 bits per heavy atom. The Bertz CT molecular complexity index is 2190. The highest BCUT2D eigenvalue weighted by atomic mass is 16.3. The summed E-state index contributed by atoms with van der Waals surface area (Å²) in [5, 5.41) is 22.3. The van der Waals surface area contributed by atoms with Gasteiger partial charge in [-0.2, -0.15) is 0 Å². The number of phenols is 1. The molecule has 0 saturated carbocycles. The number of benzene rings is 3. The molecule has 0 radical (unpaired) electrons. The Morgan fingerprint density at radius 3 is 2.07 bits per heavy atom. The van der Waals surface area contributed by atoms with Crippen LogP contribution in [0.4, 0.5) is 4.79 Å². The number of Topliss-reactive ketones (excluding diaryl/α,β-unsaturated/α-hetero) is 1. The third-order valence-electron chi connectivity index (χ3n) is 9.45. The average Bonchev–Trinajstić information content (AvgIpc) is 3.88. The Labute approximate surface area is 334 Å². The Balaban J connectivity index is 1.35. The predicted octanol–water partition coefficient (Wildman–Crippen LogP) is 1.65. The lowest BCUT2D eigenvalue weighted by atomic mass is 10.0. The number of H-pyrrole nitrogens is 2. The number of hydrogen-bond acceptors (Lipinski definition) is 9. The van der Waals surface area contributed by atoms with Crippen molar-refractivity contribution < 1.29 is 33.9 Å². The Hall–Kier alpha value is -7.01. The van der Waals surface area contributed by atoms with Crippen LogP contribution in [0.15, 0.2) is 97.6 Å². The number of carbonyl (C=O) groups is 6. The number of phenolic OH excluding ortho intramolecular Hbond substituents is 1. The fourth-order valence-corrected chi connectivity index (χ4v) is 5.99. The van der Waals surface area contributed by atoms with E-state index in [9.17, 15) is 33.9 Å². The fourth-order valence-electron chi connectivity index (χ4n) is 5.99. The Morgan fingerprint density at radius 2 is 1.38 bits per heavy atom. The van der Waals surface area contributed by atoms with Crippen LogP contribution in [0.3, 0.4) is 0 Å². The third kappa shape index (κ3) is 11.8. The molecule has 0 aliphatic heterocycles. The van der Waals surface area contributed by atoms with E-state index in [1.165, 1.54) is 38.5 Å². The molecule has 6 amide bonds. The van der Waals surface area contributed by atoms with E-state index >= 15 is 0 Å². The molecule has 0 spiro atoms. The molecule has 5 rings (SSSR count). The van der Waals surface area contributed by atoms with Gasteiger partial charge in [-0.05, 0) is 55.7 Å². The lowest BCUT2D eigenvalue weighted by molar-refractivity contribution is -0.133. The highest BCUT2D eigenvalue weighted by Gasteiger charge is 2.31. The number of aromatic amines is 2. The van der Waals surface area contributed by atoms with Crippen LogP contribution in [0.2, 0.25) is 0 Å². The molecule has 0 fully saturated rings. The number of amides is 6. The number of para-hydroxylation sites is 1. The van der Waals surface area contributed by atoms with Crippen LogP contribution in [0.25, 0.3) is 10.9 Å². The van der Waals surface area contributed by atoms with Gasteiger partial charge in [0.15, 0.2) is 5.78 Å². The molecule has 17 heteroatoms. The summed E-state index contributed by atoms with van der Waals surface area (Å²) in [5.41, 5.74) is 12.0. The number of nitrogens with zero attached hydrogens (tertiary/aromatic N) is 2. The molecule has 2 aromatic heterocycles. The van der Waals surface area contributed by atoms with E-state index in [4.69, 9.17) is 5.73 Å². The maximum Gasteiger partial charge on any atom is 0.337 e. The molecule has 0 saturated heterocycles. The number of rotatable bonds is 17. The number of urea groups is 1. The smallest absolute Gasteiger partial charge is 0.337 e. The number of aromatic nitrogens is 3. The van der Waals surface area contributed by atoms with Crippen molar-refractivity contribution in [2.24, 2.45) is 5.73 Å². The van der Waals surface area contributed by atoms with Crippen molar-refractivity contribution in [3.8, 4) is 5.75 Å². The highest BCUT2D eigenvalue weighted by Crippen LogP contribution is 2.20. The van der Waals surface area contributed by atoms with Gasteiger partial charge in [0.2, 0.25) is 17.7 Å². The second kappa shape index (κ2) is 19.7. The van der Waals surface area contributed by atoms with Crippen molar-refractivity contribution in [1.29, 1.82) is 0 Å². The second-order valence-corrected chi connectivity index (χ2v) is 14.0. The molecule has 5 aromatic rings. The number of ketones is 1. The lowest BCUT2D eigenvalue weighted by Crippen LogP contribution is -2.60. The first-order valence-corrected chi connectivity index (χ1v) is 18.7. The maximum absolute atomic E-state index is 14.2. The third-order valence-corrected chi connectivity index (χ3v) is 9.45. The monoisotopic (exact) mass is 792 g/mol. The Kier molecular flexibility index (Phi) is 14.3. The molecular formula is C41H48N10O7. The molecule has 10 N–H and O–H groups in total. The van der Waals surface area contributed by atoms with E-state index in [0.29, 0.717) is 16.8 Å². The standard InChI is InChI=1S/C41H48N10O7/c1-24(26(3)52)46-39(56)35(17-27-9-5-4-6-10-27)49-40(57)36(18-29-20-44-34-12-8-7-11-32(29)34)48-37(54)25(2)47-41(58)51(22-28-13-15-31(53)16-14-28)50-38(55)33(42)19-30-21-43-23-45-30/h4-16,20-21,23-25,33,35-36,44,53H,17-19,22,42H2,1-3H3,(H,43,45)(H,46,56)(H,47,58)(H,48,54)(H,49,57)(H,50,55)/t24-,25-,33-,35+,36-/m0/s1. The van der Waals surface area contributed by atoms with E-state index in [-0.39, 0.29) is 37.3 Å². The van der Waals surface area contributed by atoms with Crippen LogP contribution >= 0.6 is 0 Å². The van der Waals surface area contributed by atoms with Gasteiger partial charge < -0.3 is 42.1 Å². The number of fused-ring (bicyclic) bond motifs is 1. The summed E-state index contributed by atoms with van der Waals surface area (Å²) in [6.45, 7) is 4.14. The van der Waals surface area contributed by atoms with E-state index in [0.717, 1.165) is 21.5 Å². The first-order chi connectivity index (χ1) is 27.8. The summed E-state index contributed by atoms with van der Waals surface area (Å²) in [5.74, 6) is -2.97. The first kappa shape index (κ1) is 42.1. The summed E-state index contributed by atoms with van der Waals surface area (Å²) in [4.78, 5) is 90.4. The SMILES string of the molecule is CC(=O)[C@H](C)NC(=O)[C@@H](Cc1ccccc1)NC(=O)[C@H](Cc1c[nH]c2ccccc12)NC(=O)[C@H](C)NC(=O)N(Cc1ccc(O)cc1)NC(=O)[C@@H](N)Cc1cnc[nH]1. The second-order valence-electron chi connectivity index (χ2n) is 14.0. The van der Waals surface area contributed by atoms with Gasteiger partial charge in [-0.25, -0.2) is 14.8 Å². The van der Waals surface area contributed by atoms with Crippen LogP contribution < -0.4 is 32.4 Å². The van der Waals surface area contributed by atoms with Crippen molar-refractivity contribution in [1.82, 2.24) is 46.7 Å². The minimum absolute atomic E-state index is 0.000442. The maximum atomic E-state index is 14.2. The zero-order valence-electron chi connectivity index (χ0n) is 32.3. The quantitative estimate of drug-likeness (QED) is 0.0620. The van der Waals surface area contributed by atoms with Crippen LogP contribution in [-0.4, -0.2) is 90.7 Å². The van der Waals surface area contributed by atoms with E-state index in [2.05, 4.69) is 41.6 Å². The topological polar surface area (TPSA) is 257 Å². The molecule has 3 aromatic carbocycles. The molecule has 0 aliphatic rings. The molecule has 0 unspecified atom stereocenters. The van der Waals surface area contributed by atoms with E-state index in [1.807, 2.05) is 30.3 Å².